The molecule has 0 unspecified atom stereocenters. The summed E-state index contributed by atoms with van der Waals surface area (Å²) in [6, 6.07) is 0. The van der Waals surface area contributed by atoms with Crippen molar-refractivity contribution in [3.8, 4) is 11.5 Å². The summed E-state index contributed by atoms with van der Waals surface area (Å²) in [5.41, 5.74) is 3.59. The molecule has 1 aromatic rings. The molecular formula is C21H28O8. The number of allylic oxidation sites excluding steroid dienone is 2. The summed E-state index contributed by atoms with van der Waals surface area (Å²) in [6.07, 6.45) is 2.85. The van der Waals surface area contributed by atoms with Crippen molar-refractivity contribution in [2.45, 2.75) is 39.7 Å². The number of aliphatic carboxylic acids is 1. The zero-order chi connectivity index (χ0) is 21.4. The second kappa shape index (κ2) is 10.8. The molecule has 1 aliphatic heterocycles. The number of rotatable bonds is 12. The van der Waals surface area contributed by atoms with Gasteiger partial charge in [0, 0.05) is 24.7 Å². The highest BCUT2D eigenvalue weighted by atomic mass is 16.7. The van der Waals surface area contributed by atoms with Crippen molar-refractivity contribution in [1.29, 1.82) is 0 Å². The first-order valence-electron chi connectivity index (χ1n) is 9.37. The lowest BCUT2D eigenvalue weighted by molar-refractivity contribution is -0.136. The predicted octanol–water partition coefficient (Wildman–Crippen LogP) is 3.03. The molecule has 1 heterocycles. The number of ether oxygens (including phenoxy) is 5. The van der Waals surface area contributed by atoms with Crippen LogP contribution in [0.2, 0.25) is 0 Å². The molecule has 1 N–H and O–H groups in total. The van der Waals surface area contributed by atoms with Crippen molar-refractivity contribution in [2.24, 2.45) is 0 Å². The number of carboxylic acid groups (broad SMARTS) is 1. The Morgan fingerprint density at radius 3 is 2.69 bits per heavy atom. The van der Waals surface area contributed by atoms with Crippen LogP contribution >= 0.6 is 0 Å². The van der Waals surface area contributed by atoms with Crippen LogP contribution in [0.4, 0.5) is 0 Å². The molecular weight excluding hydrogens is 382 g/mol. The lowest BCUT2D eigenvalue weighted by Crippen LogP contribution is -2.13. The van der Waals surface area contributed by atoms with Crippen LogP contribution in [0.3, 0.4) is 0 Å². The summed E-state index contributed by atoms with van der Waals surface area (Å²) >= 11 is 0. The molecule has 29 heavy (non-hydrogen) atoms. The fraction of sp³-hybridized carbons (Fsp3) is 0.524. The van der Waals surface area contributed by atoms with Crippen LogP contribution < -0.4 is 9.47 Å². The number of esters is 1. The normalized spacial score (nSPS) is 13.2. The maximum Gasteiger partial charge on any atom is 0.342 e. The minimum Gasteiger partial charge on any atom is -0.496 e. The van der Waals surface area contributed by atoms with Gasteiger partial charge in [0.1, 0.15) is 23.7 Å². The fourth-order valence-corrected chi connectivity index (χ4v) is 3.15. The zero-order valence-corrected chi connectivity index (χ0v) is 17.3. The third-order valence-corrected chi connectivity index (χ3v) is 4.73. The third-order valence-electron chi connectivity index (χ3n) is 4.73. The molecule has 0 atom stereocenters. The van der Waals surface area contributed by atoms with Gasteiger partial charge in [0.25, 0.3) is 0 Å². The Morgan fingerprint density at radius 2 is 2.03 bits per heavy atom. The Kier molecular flexibility index (Phi) is 8.48. The molecule has 0 spiro atoms. The number of carbonyl (C=O) groups excluding carboxylic acids is 1. The molecule has 8 nitrogen and oxygen atoms in total. The Morgan fingerprint density at radius 1 is 1.28 bits per heavy atom. The second-order valence-electron chi connectivity index (χ2n) is 6.71. The van der Waals surface area contributed by atoms with Gasteiger partial charge < -0.3 is 28.8 Å². The molecule has 1 aromatic carbocycles. The molecule has 0 saturated carbocycles. The minimum absolute atomic E-state index is 0.0516. The Bertz CT molecular complexity index is 782. The maximum absolute atomic E-state index is 12.4. The highest BCUT2D eigenvalue weighted by Gasteiger charge is 2.33. The lowest BCUT2D eigenvalue weighted by atomic mass is 9.94. The largest absolute Gasteiger partial charge is 0.496 e. The Labute approximate surface area is 170 Å². The molecule has 2 rings (SSSR count). The number of hydrogen-bond acceptors (Lipinski definition) is 7. The first-order valence-corrected chi connectivity index (χ1v) is 9.37. The van der Waals surface area contributed by atoms with E-state index in [1.165, 1.54) is 0 Å². The number of carbonyl (C=O) groups is 2. The van der Waals surface area contributed by atoms with Gasteiger partial charge in [-0.15, -0.1) is 0 Å². The number of benzene rings is 1. The molecule has 0 amide bonds. The van der Waals surface area contributed by atoms with Gasteiger partial charge in [0.2, 0.25) is 0 Å². The maximum atomic E-state index is 12.4. The number of methoxy groups -OCH3 is 2. The van der Waals surface area contributed by atoms with Crippen LogP contribution in [0.5, 0.6) is 11.5 Å². The van der Waals surface area contributed by atoms with Gasteiger partial charge in [-0.05, 0) is 32.3 Å². The van der Waals surface area contributed by atoms with E-state index < -0.39 is 11.9 Å². The summed E-state index contributed by atoms with van der Waals surface area (Å²) in [7, 11) is 3.14. The molecule has 0 aromatic heterocycles. The summed E-state index contributed by atoms with van der Waals surface area (Å²) in [6.45, 7) is 4.66. The second-order valence-corrected chi connectivity index (χ2v) is 6.71. The first kappa shape index (κ1) is 22.7. The van der Waals surface area contributed by atoms with Crippen molar-refractivity contribution in [3.63, 3.8) is 0 Å². The lowest BCUT2D eigenvalue weighted by Gasteiger charge is -2.19. The molecule has 8 heteroatoms. The van der Waals surface area contributed by atoms with Crippen molar-refractivity contribution >= 4 is 11.9 Å². The van der Waals surface area contributed by atoms with Gasteiger partial charge in [-0.2, -0.15) is 0 Å². The van der Waals surface area contributed by atoms with E-state index in [9.17, 15) is 9.59 Å². The van der Waals surface area contributed by atoms with Crippen LogP contribution in [0.15, 0.2) is 11.6 Å². The molecule has 0 aliphatic carbocycles. The zero-order valence-electron chi connectivity index (χ0n) is 17.3. The van der Waals surface area contributed by atoms with E-state index >= 15 is 0 Å². The van der Waals surface area contributed by atoms with Crippen molar-refractivity contribution in [3.05, 3.63) is 33.9 Å². The standard InChI is InChI=1S/C21H28O8/c1-13(6-8-17(22)23)5-7-15-19(26-4)14(2)16-11-28-21(24)18(16)20(15)29-12-27-10-9-25-3/h5H,6-12H2,1-4H3,(H,22,23)/b13-5+/i17+2. The highest BCUT2D eigenvalue weighted by molar-refractivity contribution is 5.98. The van der Waals surface area contributed by atoms with Crippen LogP contribution in [-0.4, -0.2) is 51.3 Å². The van der Waals surface area contributed by atoms with E-state index in [0.29, 0.717) is 48.7 Å². The van der Waals surface area contributed by atoms with E-state index in [2.05, 4.69) is 0 Å². The summed E-state index contributed by atoms with van der Waals surface area (Å²) in [4.78, 5) is 23.1. The SMILES string of the molecule is COCCOCOc1c(C/C=C(\C)CC[14C](=O)O)c(OC)c(C)c2c1C(=O)OC2. The third kappa shape index (κ3) is 5.71. The van der Waals surface area contributed by atoms with Gasteiger partial charge in [-0.25, -0.2) is 4.79 Å². The predicted molar refractivity (Wildman–Crippen MR) is 105 cm³/mol. The summed E-state index contributed by atoms with van der Waals surface area (Å²) in [5.74, 6) is -0.282. The summed E-state index contributed by atoms with van der Waals surface area (Å²) < 4.78 is 27.0. The van der Waals surface area contributed by atoms with Crippen molar-refractivity contribution < 1.29 is 38.4 Å². The van der Waals surface area contributed by atoms with Crippen LogP contribution in [0.25, 0.3) is 0 Å². The molecule has 0 fully saturated rings. The fourth-order valence-electron chi connectivity index (χ4n) is 3.15. The molecule has 0 bridgehead atoms. The first-order chi connectivity index (χ1) is 13.9. The van der Waals surface area contributed by atoms with Gasteiger partial charge >= 0.3 is 11.9 Å². The molecule has 160 valence electrons. The van der Waals surface area contributed by atoms with E-state index in [1.54, 1.807) is 14.2 Å². The average Bonchev–Trinajstić information content (AvgIpc) is 3.08. The monoisotopic (exact) mass is 410 g/mol. The quantitative estimate of drug-likeness (QED) is 0.243. The number of hydrogen-bond donors (Lipinski definition) is 1. The van der Waals surface area contributed by atoms with Gasteiger partial charge in [0.05, 0.1) is 20.3 Å². The van der Waals surface area contributed by atoms with Crippen LogP contribution in [0, 0.1) is 6.92 Å². The molecule has 0 saturated heterocycles. The smallest absolute Gasteiger partial charge is 0.342 e. The van der Waals surface area contributed by atoms with Crippen LogP contribution in [-0.2, 0) is 32.0 Å². The van der Waals surface area contributed by atoms with Gasteiger partial charge in [-0.1, -0.05) is 11.6 Å². The highest BCUT2D eigenvalue weighted by Crippen LogP contribution is 2.42. The van der Waals surface area contributed by atoms with Crippen molar-refractivity contribution in [1.82, 2.24) is 0 Å². The van der Waals surface area contributed by atoms with Crippen LogP contribution in [0.1, 0.15) is 46.8 Å². The van der Waals surface area contributed by atoms with Gasteiger partial charge in [0.15, 0.2) is 6.79 Å². The number of cyclic esters (lactones) is 1. The van der Waals surface area contributed by atoms with E-state index in [1.807, 2.05) is 19.9 Å². The summed E-state index contributed by atoms with van der Waals surface area (Å²) in [5, 5.41) is 8.86. The van der Waals surface area contributed by atoms with E-state index in [-0.39, 0.29) is 19.8 Å². The average molecular weight is 410 g/mol. The molecule has 1 aliphatic rings. The van der Waals surface area contributed by atoms with E-state index in [4.69, 9.17) is 28.8 Å². The van der Waals surface area contributed by atoms with Gasteiger partial charge in [-0.3, -0.25) is 4.79 Å². The topological polar surface area (TPSA) is 101 Å². The number of fused-ring (bicyclic) bond motifs is 1. The number of carboxylic acids is 1. The Balaban J connectivity index is 2.36. The van der Waals surface area contributed by atoms with Crippen molar-refractivity contribution in [2.75, 3.05) is 34.2 Å². The minimum atomic E-state index is -0.844. The molecule has 0 radical (unpaired) electrons. The Hall–Kier alpha value is -2.58. The van der Waals surface area contributed by atoms with E-state index in [0.717, 1.165) is 16.7 Å².